The number of benzene rings is 1. The summed E-state index contributed by atoms with van der Waals surface area (Å²) < 4.78 is 38.3. The summed E-state index contributed by atoms with van der Waals surface area (Å²) in [5.74, 6) is -0.0931. The highest BCUT2D eigenvalue weighted by Gasteiger charge is 2.27. The Kier molecular flexibility index (Phi) is 4.77. The number of morpholine rings is 1. The molecule has 3 rings (SSSR count). The Morgan fingerprint density at radius 2 is 2.35 bits per heavy atom. The molecule has 2 heterocycles. The first-order valence-electron chi connectivity index (χ1n) is 6.86. The van der Waals surface area contributed by atoms with Gasteiger partial charge in [-0.05, 0) is 29.2 Å². The maximum absolute atomic E-state index is 12.3. The van der Waals surface area contributed by atoms with Crippen molar-refractivity contribution in [2.45, 2.75) is 12.7 Å². The van der Waals surface area contributed by atoms with E-state index in [1.54, 1.807) is 17.0 Å². The average molecular weight is 341 g/mol. The standard InChI is InChI=1S/C14H13F2N3O3S/c15-14(16)22-10-3-1-2-9(6-10)11-8-19(4-5-21-11)13(20)12-7-17-18-23-12/h1-3,6-7,11,14H,4-5,8H2/t11-/m0/s1. The van der Waals surface area contributed by atoms with E-state index in [0.717, 1.165) is 11.5 Å². The molecule has 1 aliphatic heterocycles. The monoisotopic (exact) mass is 341 g/mol. The zero-order valence-electron chi connectivity index (χ0n) is 11.9. The van der Waals surface area contributed by atoms with Crippen LogP contribution < -0.4 is 4.74 Å². The number of ether oxygens (including phenoxy) is 2. The van der Waals surface area contributed by atoms with Gasteiger partial charge in [0.15, 0.2) is 0 Å². The maximum Gasteiger partial charge on any atom is 0.387 e. The lowest BCUT2D eigenvalue weighted by Gasteiger charge is -2.32. The van der Waals surface area contributed by atoms with Gasteiger partial charge in [-0.15, -0.1) is 5.10 Å². The zero-order valence-corrected chi connectivity index (χ0v) is 12.7. The molecule has 0 saturated carbocycles. The predicted octanol–water partition coefficient (Wildman–Crippen LogP) is 2.35. The molecule has 6 nitrogen and oxygen atoms in total. The third-order valence-corrected chi connectivity index (χ3v) is 4.03. The molecule has 0 aliphatic carbocycles. The van der Waals surface area contributed by atoms with Crippen molar-refractivity contribution in [3.63, 3.8) is 0 Å². The van der Waals surface area contributed by atoms with E-state index >= 15 is 0 Å². The molecule has 0 N–H and O–H groups in total. The van der Waals surface area contributed by atoms with Crippen molar-refractivity contribution in [1.82, 2.24) is 14.5 Å². The van der Waals surface area contributed by atoms with Gasteiger partial charge in [-0.25, -0.2) is 0 Å². The molecule has 23 heavy (non-hydrogen) atoms. The van der Waals surface area contributed by atoms with Gasteiger partial charge < -0.3 is 14.4 Å². The van der Waals surface area contributed by atoms with E-state index in [9.17, 15) is 13.6 Å². The van der Waals surface area contributed by atoms with Crippen molar-refractivity contribution >= 4 is 17.4 Å². The first-order valence-corrected chi connectivity index (χ1v) is 7.64. The number of rotatable bonds is 4. The number of hydrogen-bond donors (Lipinski definition) is 0. The quantitative estimate of drug-likeness (QED) is 0.854. The second kappa shape index (κ2) is 6.97. The fraction of sp³-hybridized carbons (Fsp3) is 0.357. The van der Waals surface area contributed by atoms with Crippen LogP contribution in [0, 0.1) is 0 Å². The van der Waals surface area contributed by atoms with Gasteiger partial charge in [0, 0.05) is 6.54 Å². The molecule has 9 heteroatoms. The van der Waals surface area contributed by atoms with Gasteiger partial charge in [-0.2, -0.15) is 8.78 Å². The lowest BCUT2D eigenvalue weighted by atomic mass is 10.1. The van der Waals surface area contributed by atoms with Gasteiger partial charge >= 0.3 is 6.61 Å². The molecule has 2 aromatic rings. The third kappa shape index (κ3) is 3.80. The summed E-state index contributed by atoms with van der Waals surface area (Å²) >= 11 is 1.03. The van der Waals surface area contributed by atoms with E-state index in [2.05, 4.69) is 14.3 Å². The van der Waals surface area contributed by atoms with Crippen LogP contribution in [0.4, 0.5) is 8.78 Å². The highest BCUT2D eigenvalue weighted by molar-refractivity contribution is 7.07. The van der Waals surface area contributed by atoms with Gasteiger partial charge in [-0.3, -0.25) is 4.79 Å². The number of hydrogen-bond acceptors (Lipinski definition) is 6. The number of carbonyl (C=O) groups is 1. The zero-order chi connectivity index (χ0) is 16.2. The largest absolute Gasteiger partial charge is 0.435 e. The lowest BCUT2D eigenvalue weighted by molar-refractivity contribution is -0.0504. The van der Waals surface area contributed by atoms with E-state index in [4.69, 9.17) is 4.74 Å². The van der Waals surface area contributed by atoms with E-state index < -0.39 is 12.7 Å². The fourth-order valence-electron chi connectivity index (χ4n) is 2.34. The Balaban J connectivity index is 1.72. The minimum absolute atomic E-state index is 0.0659. The molecule has 1 atom stereocenters. The summed E-state index contributed by atoms with van der Waals surface area (Å²) in [6, 6.07) is 6.32. The summed E-state index contributed by atoms with van der Waals surface area (Å²) in [6.45, 7) is -1.73. The Labute approximate surface area is 134 Å². The SMILES string of the molecule is O=C(c1cnns1)N1CCO[C@H](c2cccc(OC(F)F)c2)C1. The van der Waals surface area contributed by atoms with Gasteiger partial charge in [0.1, 0.15) is 16.7 Å². The second-order valence-electron chi connectivity index (χ2n) is 4.84. The predicted molar refractivity (Wildman–Crippen MR) is 77.6 cm³/mol. The first-order chi connectivity index (χ1) is 11.1. The molecule has 1 fully saturated rings. The van der Waals surface area contributed by atoms with Crippen molar-refractivity contribution in [1.29, 1.82) is 0 Å². The fourth-order valence-corrected chi connectivity index (χ4v) is 2.83. The van der Waals surface area contributed by atoms with E-state index in [1.165, 1.54) is 18.3 Å². The number of nitrogens with zero attached hydrogens (tertiary/aromatic N) is 3. The molecule has 1 aliphatic rings. The van der Waals surface area contributed by atoms with Crippen LogP contribution >= 0.6 is 11.5 Å². The minimum Gasteiger partial charge on any atom is -0.435 e. The van der Waals surface area contributed by atoms with E-state index in [-0.39, 0.29) is 11.7 Å². The van der Waals surface area contributed by atoms with Gasteiger partial charge in [-0.1, -0.05) is 16.6 Å². The van der Waals surface area contributed by atoms with Crippen LogP contribution in [0.2, 0.25) is 0 Å². The molecular weight excluding hydrogens is 328 g/mol. The van der Waals surface area contributed by atoms with E-state index in [0.29, 0.717) is 30.1 Å². The minimum atomic E-state index is -2.88. The van der Waals surface area contributed by atoms with Gasteiger partial charge in [0.05, 0.1) is 19.3 Å². The van der Waals surface area contributed by atoms with Crippen molar-refractivity contribution < 1.29 is 23.0 Å². The molecule has 1 aromatic carbocycles. The highest BCUT2D eigenvalue weighted by atomic mass is 32.1. The van der Waals surface area contributed by atoms with Crippen molar-refractivity contribution in [2.75, 3.05) is 19.7 Å². The summed E-state index contributed by atoms with van der Waals surface area (Å²) in [5, 5.41) is 3.66. The number of aromatic nitrogens is 2. The van der Waals surface area contributed by atoms with Crippen LogP contribution in [0.3, 0.4) is 0 Å². The molecule has 0 spiro atoms. The van der Waals surface area contributed by atoms with Crippen LogP contribution in [0.5, 0.6) is 5.75 Å². The number of carbonyl (C=O) groups excluding carboxylic acids is 1. The molecular formula is C14H13F2N3O3S. The molecule has 0 radical (unpaired) electrons. The van der Waals surface area contributed by atoms with Crippen molar-refractivity contribution in [3.8, 4) is 5.75 Å². The smallest absolute Gasteiger partial charge is 0.387 e. The Hall–Kier alpha value is -2.13. The number of halogens is 2. The highest BCUT2D eigenvalue weighted by Crippen LogP contribution is 2.27. The summed E-state index contributed by atoms with van der Waals surface area (Å²) in [6.07, 6.45) is 1.03. The molecule has 0 bridgehead atoms. The van der Waals surface area contributed by atoms with Gasteiger partial charge in [0.25, 0.3) is 5.91 Å². The normalized spacial score (nSPS) is 18.2. The maximum atomic E-state index is 12.3. The molecule has 1 amide bonds. The van der Waals surface area contributed by atoms with Crippen molar-refractivity contribution in [2.24, 2.45) is 0 Å². The summed E-state index contributed by atoms with van der Waals surface area (Å²) in [7, 11) is 0. The number of amides is 1. The molecule has 1 aromatic heterocycles. The lowest BCUT2D eigenvalue weighted by Crippen LogP contribution is -2.42. The van der Waals surface area contributed by atoms with Crippen molar-refractivity contribution in [3.05, 3.63) is 40.9 Å². The Morgan fingerprint density at radius 3 is 3.09 bits per heavy atom. The summed E-state index contributed by atoms with van der Waals surface area (Å²) in [5.41, 5.74) is 0.683. The average Bonchev–Trinajstić information content (AvgIpc) is 3.08. The van der Waals surface area contributed by atoms with Crippen LogP contribution in [0.25, 0.3) is 0 Å². The first kappa shape index (κ1) is 15.8. The third-order valence-electron chi connectivity index (χ3n) is 3.38. The van der Waals surface area contributed by atoms with Crippen LogP contribution in [0.15, 0.2) is 30.5 Å². The molecule has 0 unspecified atom stereocenters. The Morgan fingerprint density at radius 1 is 1.48 bits per heavy atom. The summed E-state index contributed by atoms with van der Waals surface area (Å²) in [4.78, 5) is 14.4. The number of alkyl halides is 2. The Bertz CT molecular complexity index is 669. The topological polar surface area (TPSA) is 64.6 Å². The van der Waals surface area contributed by atoms with Crippen LogP contribution in [0.1, 0.15) is 21.3 Å². The van der Waals surface area contributed by atoms with E-state index in [1.807, 2.05) is 0 Å². The second-order valence-corrected chi connectivity index (χ2v) is 5.63. The molecule has 1 saturated heterocycles. The van der Waals surface area contributed by atoms with Gasteiger partial charge in [0.2, 0.25) is 0 Å². The molecule has 122 valence electrons. The van der Waals surface area contributed by atoms with Crippen LogP contribution in [-0.4, -0.2) is 46.7 Å². The van der Waals surface area contributed by atoms with Crippen LogP contribution in [-0.2, 0) is 4.74 Å².